The van der Waals surface area contributed by atoms with Crippen molar-refractivity contribution in [3.05, 3.63) is 51.5 Å². The summed E-state index contributed by atoms with van der Waals surface area (Å²) in [5.41, 5.74) is 0. The van der Waals surface area contributed by atoms with E-state index in [1.165, 1.54) is 21.9 Å². The van der Waals surface area contributed by atoms with Crippen LogP contribution in [-0.4, -0.2) is 14.3 Å². The van der Waals surface area contributed by atoms with E-state index in [1.54, 1.807) is 5.38 Å². The molecular formula is C11H5F2N3O3S. The Balaban J connectivity index is 2.08. The first-order valence-corrected chi connectivity index (χ1v) is 6.17. The van der Waals surface area contributed by atoms with E-state index >= 15 is 0 Å². The zero-order valence-electron chi connectivity index (χ0n) is 9.62. The Hall–Kier alpha value is -2.55. The van der Waals surface area contributed by atoms with Gasteiger partial charge < -0.3 is 14.9 Å². The lowest BCUT2D eigenvalue weighted by molar-refractivity contribution is -0.391. The Labute approximate surface area is 114 Å². The van der Waals surface area contributed by atoms with Gasteiger partial charge in [-0.3, -0.25) is 0 Å². The largest absolute Gasteiger partial charge is 0.429 e. The lowest BCUT2D eigenvalue weighted by Gasteiger charge is -2.03. The molecule has 0 unspecified atom stereocenters. The Morgan fingerprint density at radius 3 is 2.90 bits per heavy atom. The maximum atomic E-state index is 13.5. The number of ether oxygens (including phenoxy) is 1. The second-order valence-corrected chi connectivity index (χ2v) is 4.60. The number of benzene rings is 1. The minimum atomic E-state index is -0.962. The molecule has 1 aromatic carbocycles. The number of halogens is 2. The van der Waals surface area contributed by atoms with E-state index in [1.807, 2.05) is 0 Å². The average molecular weight is 297 g/mol. The number of aromatic nitrogens is 2. The Morgan fingerprint density at radius 2 is 2.20 bits per heavy atom. The second kappa shape index (κ2) is 4.53. The molecule has 0 aliphatic rings. The van der Waals surface area contributed by atoms with Gasteiger partial charge in [0.15, 0.2) is 11.6 Å². The van der Waals surface area contributed by atoms with E-state index < -0.39 is 22.4 Å². The molecule has 0 fully saturated rings. The number of nitro groups is 1. The number of nitrogens with zero attached hydrogens (tertiary/aromatic N) is 3. The van der Waals surface area contributed by atoms with Crippen molar-refractivity contribution in [2.75, 3.05) is 0 Å². The molecule has 0 spiro atoms. The summed E-state index contributed by atoms with van der Waals surface area (Å²) in [6.07, 6.45) is 1.46. The Morgan fingerprint density at radius 1 is 1.40 bits per heavy atom. The summed E-state index contributed by atoms with van der Waals surface area (Å²) in [6, 6.07) is 2.66. The molecule has 0 bridgehead atoms. The molecular weight excluding hydrogens is 292 g/mol. The van der Waals surface area contributed by atoms with E-state index in [2.05, 4.69) is 4.98 Å². The van der Waals surface area contributed by atoms with Crippen LogP contribution in [0.4, 0.5) is 14.6 Å². The average Bonchev–Trinajstić information content (AvgIpc) is 2.91. The predicted octanol–water partition coefficient (Wildman–Crippen LogP) is 3.37. The molecule has 0 radical (unpaired) electrons. The summed E-state index contributed by atoms with van der Waals surface area (Å²) in [7, 11) is 0. The lowest BCUT2D eigenvalue weighted by Crippen LogP contribution is -1.96. The van der Waals surface area contributed by atoms with Crippen molar-refractivity contribution in [3.63, 3.8) is 0 Å². The highest BCUT2D eigenvalue weighted by atomic mass is 32.1. The molecule has 6 nitrogen and oxygen atoms in total. The maximum Gasteiger partial charge on any atom is 0.393 e. The van der Waals surface area contributed by atoms with Gasteiger partial charge in [-0.1, -0.05) is 11.3 Å². The molecule has 20 heavy (non-hydrogen) atoms. The fourth-order valence-electron chi connectivity index (χ4n) is 1.65. The van der Waals surface area contributed by atoms with Gasteiger partial charge in [0, 0.05) is 11.4 Å². The van der Waals surface area contributed by atoms with Gasteiger partial charge in [0.2, 0.25) is 0 Å². The fraction of sp³-hybridized carbons (Fsp3) is 0. The normalized spacial score (nSPS) is 10.9. The molecule has 0 amide bonds. The van der Waals surface area contributed by atoms with Crippen LogP contribution in [0, 0.1) is 21.7 Å². The summed E-state index contributed by atoms with van der Waals surface area (Å²) < 4.78 is 32.6. The van der Waals surface area contributed by atoms with Crippen LogP contribution in [-0.2, 0) is 0 Å². The molecule has 0 N–H and O–H groups in total. The van der Waals surface area contributed by atoms with E-state index in [0.717, 1.165) is 12.1 Å². The van der Waals surface area contributed by atoms with Crippen molar-refractivity contribution in [3.8, 4) is 11.6 Å². The molecule has 0 aliphatic carbocycles. The lowest BCUT2D eigenvalue weighted by atomic mass is 10.3. The third-order valence-electron chi connectivity index (χ3n) is 2.48. The second-order valence-electron chi connectivity index (χ2n) is 3.73. The third-order valence-corrected chi connectivity index (χ3v) is 3.24. The van der Waals surface area contributed by atoms with E-state index in [0.29, 0.717) is 11.0 Å². The van der Waals surface area contributed by atoms with Gasteiger partial charge in [-0.15, -0.1) is 0 Å². The highest BCUT2D eigenvalue weighted by Crippen LogP contribution is 2.34. The molecule has 0 saturated carbocycles. The van der Waals surface area contributed by atoms with Crippen LogP contribution in [0.3, 0.4) is 0 Å². The van der Waals surface area contributed by atoms with Crippen LogP contribution in [0.25, 0.3) is 4.96 Å². The summed E-state index contributed by atoms with van der Waals surface area (Å²) in [5, 5.41) is 12.7. The predicted molar refractivity (Wildman–Crippen MR) is 66.2 cm³/mol. The number of rotatable bonds is 3. The van der Waals surface area contributed by atoms with Crippen molar-refractivity contribution < 1.29 is 18.4 Å². The first-order valence-electron chi connectivity index (χ1n) is 5.29. The standard InChI is InChI=1S/C11H5F2N3O3S/c12-6-1-2-8(7(13)5-6)19-9-10(16(17)18)15-3-4-20-11(15)14-9/h1-5H. The van der Waals surface area contributed by atoms with Crippen LogP contribution in [0.15, 0.2) is 29.8 Å². The van der Waals surface area contributed by atoms with Gasteiger partial charge in [-0.25, -0.2) is 8.78 Å². The van der Waals surface area contributed by atoms with Crippen molar-refractivity contribution in [1.29, 1.82) is 0 Å². The minimum Gasteiger partial charge on any atom is -0.429 e. The van der Waals surface area contributed by atoms with Crippen molar-refractivity contribution in [2.24, 2.45) is 0 Å². The van der Waals surface area contributed by atoms with Gasteiger partial charge in [0.1, 0.15) is 12.0 Å². The van der Waals surface area contributed by atoms with Crippen LogP contribution in [0.5, 0.6) is 11.6 Å². The topological polar surface area (TPSA) is 69.7 Å². The van der Waals surface area contributed by atoms with Gasteiger partial charge in [-0.05, 0) is 17.1 Å². The monoisotopic (exact) mass is 297 g/mol. The summed E-state index contributed by atoms with van der Waals surface area (Å²) in [6.45, 7) is 0. The maximum absolute atomic E-state index is 13.5. The highest BCUT2D eigenvalue weighted by Gasteiger charge is 2.26. The number of thiazole rings is 1. The smallest absolute Gasteiger partial charge is 0.393 e. The molecule has 0 atom stereocenters. The molecule has 3 rings (SSSR count). The van der Waals surface area contributed by atoms with Crippen molar-refractivity contribution in [1.82, 2.24) is 9.38 Å². The third kappa shape index (κ3) is 1.97. The zero-order valence-corrected chi connectivity index (χ0v) is 10.4. The molecule has 2 heterocycles. The van der Waals surface area contributed by atoms with Crippen molar-refractivity contribution >= 4 is 22.1 Å². The van der Waals surface area contributed by atoms with Crippen LogP contribution >= 0.6 is 11.3 Å². The first kappa shape index (κ1) is 12.5. The highest BCUT2D eigenvalue weighted by molar-refractivity contribution is 7.15. The number of imidazole rings is 1. The molecule has 9 heteroatoms. The number of fused-ring (bicyclic) bond motifs is 1. The molecule has 0 saturated heterocycles. The zero-order chi connectivity index (χ0) is 14.3. The number of hydrogen-bond donors (Lipinski definition) is 0. The summed E-state index contributed by atoms with van der Waals surface area (Å²) in [4.78, 5) is 14.6. The van der Waals surface area contributed by atoms with Gasteiger partial charge in [0.05, 0.1) is 0 Å². The first-order chi connectivity index (χ1) is 9.56. The van der Waals surface area contributed by atoms with Crippen LogP contribution < -0.4 is 4.74 Å². The van der Waals surface area contributed by atoms with Crippen LogP contribution in [0.2, 0.25) is 0 Å². The van der Waals surface area contributed by atoms with E-state index in [-0.39, 0.29) is 11.6 Å². The molecule has 2 aromatic heterocycles. The fourth-order valence-corrected chi connectivity index (χ4v) is 2.35. The quantitative estimate of drug-likeness (QED) is 0.549. The Bertz CT molecular complexity index is 814. The minimum absolute atomic E-state index is 0.333. The van der Waals surface area contributed by atoms with E-state index in [4.69, 9.17) is 4.74 Å². The van der Waals surface area contributed by atoms with Gasteiger partial charge in [0.25, 0.3) is 4.96 Å². The molecule has 102 valence electrons. The van der Waals surface area contributed by atoms with Gasteiger partial charge in [-0.2, -0.15) is 9.38 Å². The van der Waals surface area contributed by atoms with E-state index in [9.17, 15) is 18.9 Å². The van der Waals surface area contributed by atoms with Crippen molar-refractivity contribution in [2.45, 2.75) is 0 Å². The summed E-state index contributed by atoms with van der Waals surface area (Å²) >= 11 is 1.17. The summed E-state index contributed by atoms with van der Waals surface area (Å²) in [5.74, 6) is -2.82. The van der Waals surface area contributed by atoms with Gasteiger partial charge >= 0.3 is 11.7 Å². The SMILES string of the molecule is O=[N+]([O-])c1c(Oc2ccc(F)cc2F)nc2sccn12. The molecule has 3 aromatic rings. The Kier molecular flexibility index (Phi) is 2.83. The molecule has 0 aliphatic heterocycles. The van der Waals surface area contributed by atoms with Crippen LogP contribution in [0.1, 0.15) is 0 Å². The number of hydrogen-bond acceptors (Lipinski definition) is 5.